The molecule has 5 nitrogen and oxygen atoms in total. The molecule has 0 amide bonds. The molecule has 1 aromatic heterocycles. The first-order valence-corrected chi connectivity index (χ1v) is 8.25. The summed E-state index contributed by atoms with van der Waals surface area (Å²) in [6.07, 6.45) is 0.840. The first-order chi connectivity index (χ1) is 10.4. The number of benzene rings is 1. The topological polar surface area (TPSA) is 67.8 Å². The number of rotatable bonds is 6. The fourth-order valence-corrected chi connectivity index (χ4v) is 3.20. The number of aromatic nitrogens is 3. The number of thioether (sulfide) groups is 1. The zero-order valence-corrected chi connectivity index (χ0v) is 14.2. The Balaban J connectivity index is 2.22. The largest absolute Gasteiger partial charge is 0.343 e. The molecule has 0 spiro atoms. The lowest BCUT2D eigenvalue weighted by atomic mass is 10.0. The van der Waals surface area contributed by atoms with Crippen molar-refractivity contribution in [3.05, 3.63) is 45.4 Å². The summed E-state index contributed by atoms with van der Waals surface area (Å²) in [5, 5.41) is 6.75. The second-order valence-corrected chi connectivity index (χ2v) is 6.71. The summed E-state index contributed by atoms with van der Waals surface area (Å²) >= 11 is 1.32. The van der Waals surface area contributed by atoms with Crippen molar-refractivity contribution in [3.63, 3.8) is 0 Å². The van der Waals surface area contributed by atoms with Gasteiger partial charge in [-0.25, -0.2) is 9.89 Å². The minimum atomic E-state index is -0.300. The van der Waals surface area contributed by atoms with Crippen LogP contribution in [0.2, 0.25) is 0 Å². The van der Waals surface area contributed by atoms with Gasteiger partial charge in [0.2, 0.25) is 0 Å². The van der Waals surface area contributed by atoms with Gasteiger partial charge < -0.3 is 0 Å². The summed E-state index contributed by atoms with van der Waals surface area (Å²) in [5.41, 5.74) is 2.54. The Kier molecular flexibility index (Phi) is 5.24. The van der Waals surface area contributed by atoms with E-state index in [1.54, 1.807) is 4.57 Å². The van der Waals surface area contributed by atoms with Gasteiger partial charge in [-0.1, -0.05) is 36.4 Å². The van der Waals surface area contributed by atoms with Gasteiger partial charge in [-0.2, -0.15) is 0 Å². The van der Waals surface area contributed by atoms with Gasteiger partial charge in [0.15, 0.2) is 10.9 Å². The Labute approximate surface area is 134 Å². The van der Waals surface area contributed by atoms with Crippen molar-refractivity contribution >= 4 is 17.5 Å². The third-order valence-electron chi connectivity index (χ3n) is 3.48. The lowest BCUT2D eigenvalue weighted by Gasteiger charge is -2.12. The van der Waals surface area contributed by atoms with Crippen LogP contribution in [0, 0.1) is 13.8 Å². The van der Waals surface area contributed by atoms with E-state index in [0.29, 0.717) is 11.7 Å². The van der Waals surface area contributed by atoms with Crippen LogP contribution in [0.5, 0.6) is 0 Å². The maximum Gasteiger partial charge on any atom is 0.343 e. The fourth-order valence-electron chi connectivity index (χ4n) is 2.25. The van der Waals surface area contributed by atoms with E-state index in [2.05, 4.69) is 10.2 Å². The summed E-state index contributed by atoms with van der Waals surface area (Å²) in [7, 11) is 0. The Hall–Kier alpha value is -1.82. The molecule has 1 atom stereocenters. The van der Waals surface area contributed by atoms with E-state index in [1.807, 2.05) is 45.9 Å². The molecule has 0 bridgehead atoms. The van der Waals surface area contributed by atoms with E-state index in [-0.39, 0.29) is 16.7 Å². The number of aryl methyl sites for hydroxylation is 2. The molecular formula is C16H21N3O2S. The molecule has 0 aliphatic carbocycles. The lowest BCUT2D eigenvalue weighted by molar-refractivity contribution is 0.0993. The number of H-pyrrole nitrogens is 1. The van der Waals surface area contributed by atoms with Gasteiger partial charge in [0.1, 0.15) is 0 Å². The molecule has 0 saturated carbocycles. The summed E-state index contributed by atoms with van der Waals surface area (Å²) in [6, 6.07) is 5.87. The van der Waals surface area contributed by atoms with Crippen LogP contribution in [0.15, 0.2) is 28.2 Å². The number of carbonyl (C=O) groups excluding carboxylic acids is 1. The first-order valence-electron chi connectivity index (χ1n) is 7.37. The van der Waals surface area contributed by atoms with Crippen molar-refractivity contribution in [2.45, 2.75) is 51.1 Å². The van der Waals surface area contributed by atoms with E-state index in [0.717, 1.165) is 23.1 Å². The molecular weight excluding hydrogens is 298 g/mol. The number of aromatic amines is 1. The molecule has 0 aliphatic heterocycles. The Morgan fingerprint density at radius 1 is 1.41 bits per heavy atom. The van der Waals surface area contributed by atoms with Crippen LogP contribution in [0.1, 0.15) is 41.8 Å². The molecule has 6 heteroatoms. The molecule has 118 valence electrons. The minimum Gasteiger partial charge on any atom is -0.293 e. The molecule has 0 saturated heterocycles. The summed E-state index contributed by atoms with van der Waals surface area (Å²) < 4.78 is 1.58. The van der Waals surface area contributed by atoms with E-state index < -0.39 is 0 Å². The van der Waals surface area contributed by atoms with Crippen LogP contribution in [-0.4, -0.2) is 25.8 Å². The highest BCUT2D eigenvalue weighted by atomic mass is 32.2. The van der Waals surface area contributed by atoms with Crippen LogP contribution in [-0.2, 0) is 6.54 Å². The standard InChI is InChI=1S/C16H21N3O2S/c1-5-8-19-15(21)17-18-16(19)22-12(4)14(20)13-9-10(2)6-7-11(13)3/h6-7,9,12H,5,8H2,1-4H3,(H,17,21). The van der Waals surface area contributed by atoms with Gasteiger partial charge in [0.25, 0.3) is 0 Å². The second kappa shape index (κ2) is 6.96. The smallest absolute Gasteiger partial charge is 0.293 e. The van der Waals surface area contributed by atoms with Crippen molar-refractivity contribution < 1.29 is 4.79 Å². The number of Topliss-reactive ketones (excluding diaryl/α,β-unsaturated/α-hetero) is 1. The Morgan fingerprint density at radius 2 is 2.14 bits per heavy atom. The number of hydrogen-bond acceptors (Lipinski definition) is 4. The molecule has 1 unspecified atom stereocenters. The van der Waals surface area contributed by atoms with Crippen LogP contribution < -0.4 is 5.69 Å². The van der Waals surface area contributed by atoms with E-state index in [4.69, 9.17) is 0 Å². The predicted octanol–water partition coefficient (Wildman–Crippen LogP) is 2.96. The molecule has 1 N–H and O–H groups in total. The van der Waals surface area contributed by atoms with Crippen molar-refractivity contribution in [1.29, 1.82) is 0 Å². The fraction of sp³-hybridized carbons (Fsp3) is 0.438. The van der Waals surface area contributed by atoms with Crippen LogP contribution >= 0.6 is 11.8 Å². The van der Waals surface area contributed by atoms with Gasteiger partial charge in [-0.05, 0) is 38.8 Å². The number of hydrogen-bond donors (Lipinski definition) is 1. The van der Waals surface area contributed by atoms with Crippen molar-refractivity contribution in [2.75, 3.05) is 0 Å². The van der Waals surface area contributed by atoms with Gasteiger partial charge in [-0.3, -0.25) is 9.36 Å². The monoisotopic (exact) mass is 319 g/mol. The van der Waals surface area contributed by atoms with Crippen molar-refractivity contribution in [3.8, 4) is 0 Å². The highest BCUT2D eigenvalue weighted by Gasteiger charge is 2.21. The Morgan fingerprint density at radius 3 is 2.82 bits per heavy atom. The molecule has 2 rings (SSSR count). The lowest BCUT2D eigenvalue weighted by Crippen LogP contribution is -2.19. The number of carbonyl (C=O) groups is 1. The van der Waals surface area contributed by atoms with Crippen LogP contribution in [0.4, 0.5) is 0 Å². The molecule has 2 aromatic rings. The average molecular weight is 319 g/mol. The third-order valence-corrected chi connectivity index (χ3v) is 4.57. The quantitative estimate of drug-likeness (QED) is 0.656. The molecule has 0 radical (unpaired) electrons. The van der Waals surface area contributed by atoms with Crippen LogP contribution in [0.25, 0.3) is 0 Å². The summed E-state index contributed by atoms with van der Waals surface area (Å²) in [4.78, 5) is 24.3. The maximum absolute atomic E-state index is 12.7. The third kappa shape index (κ3) is 3.50. The second-order valence-electron chi connectivity index (χ2n) is 5.41. The van der Waals surface area contributed by atoms with Crippen molar-refractivity contribution in [1.82, 2.24) is 14.8 Å². The Bertz CT molecular complexity index is 733. The van der Waals surface area contributed by atoms with Gasteiger partial charge in [-0.15, -0.1) is 5.10 Å². The first kappa shape index (κ1) is 16.5. The highest BCUT2D eigenvalue weighted by molar-refractivity contribution is 8.00. The number of ketones is 1. The van der Waals surface area contributed by atoms with E-state index in [9.17, 15) is 9.59 Å². The minimum absolute atomic E-state index is 0.0599. The molecule has 22 heavy (non-hydrogen) atoms. The highest BCUT2D eigenvalue weighted by Crippen LogP contribution is 2.24. The molecule has 0 aliphatic rings. The predicted molar refractivity (Wildman–Crippen MR) is 88.7 cm³/mol. The van der Waals surface area contributed by atoms with Crippen molar-refractivity contribution in [2.24, 2.45) is 0 Å². The summed E-state index contributed by atoms with van der Waals surface area (Å²) in [5.74, 6) is 0.0599. The van der Waals surface area contributed by atoms with Gasteiger partial charge >= 0.3 is 5.69 Å². The molecule has 1 heterocycles. The van der Waals surface area contributed by atoms with Gasteiger partial charge in [0, 0.05) is 12.1 Å². The zero-order chi connectivity index (χ0) is 16.3. The zero-order valence-electron chi connectivity index (χ0n) is 13.3. The molecule has 0 fully saturated rings. The average Bonchev–Trinajstić information content (AvgIpc) is 2.82. The van der Waals surface area contributed by atoms with E-state index in [1.165, 1.54) is 11.8 Å². The SMILES string of the molecule is CCCn1c(SC(C)C(=O)c2cc(C)ccc2C)n[nH]c1=O. The number of nitrogens with zero attached hydrogens (tertiary/aromatic N) is 2. The van der Waals surface area contributed by atoms with Gasteiger partial charge in [0.05, 0.1) is 5.25 Å². The molecule has 1 aromatic carbocycles. The number of nitrogens with one attached hydrogen (secondary N) is 1. The van der Waals surface area contributed by atoms with E-state index >= 15 is 0 Å². The normalized spacial score (nSPS) is 12.4. The summed E-state index contributed by atoms with van der Waals surface area (Å²) in [6.45, 7) is 8.36. The maximum atomic E-state index is 12.7. The van der Waals surface area contributed by atoms with Crippen LogP contribution in [0.3, 0.4) is 0 Å².